The Balaban J connectivity index is 1.41. The van der Waals surface area contributed by atoms with E-state index in [0.717, 1.165) is 22.9 Å². The lowest BCUT2D eigenvalue weighted by atomic mass is 10.3. The molecule has 4 aromatic rings. The summed E-state index contributed by atoms with van der Waals surface area (Å²) in [4.78, 5) is 0. The summed E-state index contributed by atoms with van der Waals surface area (Å²) in [5.41, 5.74) is 1.58. The van der Waals surface area contributed by atoms with Gasteiger partial charge in [-0.05, 0) is 45.1 Å². The van der Waals surface area contributed by atoms with Crippen LogP contribution in [0.15, 0.2) is 58.8 Å². The van der Waals surface area contributed by atoms with Crippen molar-refractivity contribution in [3.05, 3.63) is 48.5 Å². The van der Waals surface area contributed by atoms with E-state index >= 15 is 0 Å². The van der Waals surface area contributed by atoms with Crippen molar-refractivity contribution in [3.8, 4) is 22.9 Å². The highest BCUT2D eigenvalue weighted by Gasteiger charge is 2.15. The Hall–Kier alpha value is -3.12. The molecule has 2 aromatic carbocycles. The molecule has 0 N–H and O–H groups in total. The largest absolute Gasteiger partial charge is 0.494 e. The molecule has 0 aliphatic carbocycles. The lowest BCUT2D eigenvalue weighted by molar-refractivity contribution is 0.410. The second-order valence-electron chi connectivity index (χ2n) is 5.79. The van der Waals surface area contributed by atoms with Crippen LogP contribution in [-0.2, 0) is 0 Å². The zero-order valence-electron chi connectivity index (χ0n) is 16.2. The van der Waals surface area contributed by atoms with Crippen molar-refractivity contribution in [2.24, 2.45) is 0 Å². The summed E-state index contributed by atoms with van der Waals surface area (Å²) in [5, 5.41) is 25.4. The average molecular weight is 443 g/mol. The van der Waals surface area contributed by atoms with Gasteiger partial charge in [-0.15, -0.1) is 10.2 Å². The summed E-state index contributed by atoms with van der Waals surface area (Å²) in [6.07, 6.45) is 0. The molecule has 0 saturated carbocycles. The van der Waals surface area contributed by atoms with Crippen LogP contribution in [0.1, 0.15) is 0 Å². The maximum atomic E-state index is 5.41. The lowest BCUT2D eigenvalue weighted by Gasteiger charge is -2.09. The van der Waals surface area contributed by atoms with Crippen LogP contribution in [0.5, 0.6) is 11.5 Å². The van der Waals surface area contributed by atoms with Crippen molar-refractivity contribution >= 4 is 23.5 Å². The van der Waals surface area contributed by atoms with E-state index in [1.807, 2.05) is 48.5 Å². The maximum absolute atomic E-state index is 5.41. The summed E-state index contributed by atoms with van der Waals surface area (Å²) in [7, 11) is 3.25. The Kier molecular flexibility index (Phi) is 6.44. The van der Waals surface area contributed by atoms with Crippen LogP contribution in [-0.4, -0.2) is 66.1 Å². The Morgan fingerprint density at radius 2 is 1.13 bits per heavy atom. The number of nitrogens with zero attached hydrogens (tertiary/aromatic N) is 8. The van der Waals surface area contributed by atoms with E-state index in [0.29, 0.717) is 21.8 Å². The number of methoxy groups -OCH3 is 2. The Morgan fingerprint density at radius 1 is 0.700 bits per heavy atom. The normalized spacial score (nSPS) is 10.9. The monoisotopic (exact) mass is 442 g/mol. The quantitative estimate of drug-likeness (QED) is 0.283. The third-order valence-electron chi connectivity index (χ3n) is 4.05. The van der Waals surface area contributed by atoms with Gasteiger partial charge in [0.1, 0.15) is 22.9 Å². The van der Waals surface area contributed by atoms with Gasteiger partial charge in [0.2, 0.25) is 10.3 Å². The fourth-order valence-electron chi connectivity index (χ4n) is 2.72. The van der Waals surface area contributed by atoms with Crippen LogP contribution in [0.4, 0.5) is 0 Å². The molecule has 12 heteroatoms. The van der Waals surface area contributed by atoms with Crippen molar-refractivity contribution in [2.45, 2.75) is 10.3 Å². The first-order chi connectivity index (χ1) is 14.8. The Morgan fingerprint density at radius 3 is 1.57 bits per heavy atom. The first-order valence-electron chi connectivity index (χ1n) is 8.91. The molecule has 0 amide bonds. The smallest absolute Gasteiger partial charge is 0.214 e. The van der Waals surface area contributed by atoms with Gasteiger partial charge in [-0.25, -0.2) is 0 Å². The van der Waals surface area contributed by atoms with Crippen LogP contribution in [0.3, 0.4) is 0 Å². The van der Waals surface area contributed by atoms with Gasteiger partial charge in [0.05, 0.1) is 14.2 Å². The minimum absolute atomic E-state index is 0.685. The molecule has 2 heterocycles. The molecule has 0 fully saturated rings. The van der Waals surface area contributed by atoms with E-state index in [-0.39, 0.29) is 0 Å². The number of tetrazole rings is 2. The number of hydrogen-bond acceptors (Lipinski definition) is 10. The first-order valence-corrected chi connectivity index (χ1v) is 10.9. The summed E-state index contributed by atoms with van der Waals surface area (Å²) in [6.45, 7) is 0. The van der Waals surface area contributed by atoms with Crippen LogP contribution in [0.25, 0.3) is 11.4 Å². The van der Waals surface area contributed by atoms with E-state index in [2.05, 4.69) is 31.1 Å². The van der Waals surface area contributed by atoms with Gasteiger partial charge in [-0.3, -0.25) is 0 Å². The van der Waals surface area contributed by atoms with Gasteiger partial charge in [-0.1, -0.05) is 47.8 Å². The zero-order chi connectivity index (χ0) is 20.8. The molecule has 0 radical (unpaired) electrons. The van der Waals surface area contributed by atoms with E-state index in [1.165, 1.54) is 0 Å². The number of benzene rings is 2. The van der Waals surface area contributed by atoms with Gasteiger partial charge in [-0.2, -0.15) is 9.36 Å². The second-order valence-corrected chi connectivity index (χ2v) is 7.91. The third kappa shape index (κ3) is 4.24. The topological polar surface area (TPSA) is 106 Å². The molecule has 0 atom stereocenters. The average Bonchev–Trinajstić information content (AvgIpc) is 3.46. The fourth-order valence-corrected chi connectivity index (χ4v) is 4.45. The summed E-state index contributed by atoms with van der Waals surface area (Å²) < 4.78 is 14.2. The van der Waals surface area contributed by atoms with Gasteiger partial charge >= 0.3 is 0 Å². The lowest BCUT2D eigenvalue weighted by Crippen LogP contribution is -2.03. The molecule has 0 spiro atoms. The first kappa shape index (κ1) is 20.2. The van der Waals surface area contributed by atoms with Crippen molar-refractivity contribution < 1.29 is 9.47 Å². The number of hydrogen-bond donors (Lipinski definition) is 0. The Bertz CT molecular complexity index is 1030. The van der Waals surface area contributed by atoms with Crippen LogP contribution in [0.2, 0.25) is 0 Å². The van der Waals surface area contributed by atoms with E-state index in [1.54, 1.807) is 47.1 Å². The molecule has 2 aromatic heterocycles. The van der Waals surface area contributed by atoms with E-state index in [9.17, 15) is 0 Å². The van der Waals surface area contributed by atoms with Crippen molar-refractivity contribution in [2.75, 3.05) is 25.7 Å². The van der Waals surface area contributed by atoms with Crippen LogP contribution >= 0.6 is 23.5 Å². The van der Waals surface area contributed by atoms with Gasteiger partial charge in [0, 0.05) is 11.5 Å². The molecule has 10 nitrogen and oxygen atoms in total. The molecular formula is C18H18N8O2S2. The van der Waals surface area contributed by atoms with Gasteiger partial charge in [0.15, 0.2) is 0 Å². The molecular weight excluding hydrogens is 424 g/mol. The minimum atomic E-state index is 0.685. The molecule has 0 bridgehead atoms. The highest BCUT2D eigenvalue weighted by atomic mass is 32.2. The predicted octanol–water partition coefficient (Wildman–Crippen LogP) is 2.54. The summed E-state index contributed by atoms with van der Waals surface area (Å²) in [5.74, 6) is 2.94. The number of ether oxygens (including phenoxy) is 2. The van der Waals surface area contributed by atoms with Crippen LogP contribution < -0.4 is 9.47 Å². The minimum Gasteiger partial charge on any atom is -0.494 e. The van der Waals surface area contributed by atoms with E-state index in [4.69, 9.17) is 9.47 Å². The highest BCUT2D eigenvalue weighted by molar-refractivity contribution is 8.02. The fraction of sp³-hybridized carbons (Fsp3) is 0.222. The SMILES string of the molecule is COc1ccccc1-n1nnnc1SCCSc1nnnn1-c1ccccc1OC. The van der Waals surface area contributed by atoms with Crippen molar-refractivity contribution in [1.29, 1.82) is 0 Å². The van der Waals surface area contributed by atoms with Crippen LogP contribution in [0, 0.1) is 0 Å². The molecule has 154 valence electrons. The molecule has 0 aliphatic rings. The van der Waals surface area contributed by atoms with Gasteiger partial charge < -0.3 is 9.47 Å². The predicted molar refractivity (Wildman–Crippen MR) is 113 cm³/mol. The third-order valence-corrected chi connectivity index (χ3v) is 6.15. The highest BCUT2D eigenvalue weighted by Crippen LogP contribution is 2.28. The molecule has 0 aliphatic heterocycles. The molecule has 0 unspecified atom stereocenters. The maximum Gasteiger partial charge on any atom is 0.214 e. The standard InChI is InChI=1S/C18H18N8O2S2/c1-27-15-9-5-3-7-13(15)25-17(19-21-23-25)29-11-12-30-18-20-22-24-26(18)14-8-4-6-10-16(14)28-2/h3-10H,11-12H2,1-2H3. The number of aromatic nitrogens is 8. The van der Waals surface area contributed by atoms with Crippen molar-refractivity contribution in [3.63, 3.8) is 0 Å². The summed E-state index contributed by atoms with van der Waals surface area (Å²) in [6, 6.07) is 15.2. The molecule has 4 rings (SSSR count). The summed E-state index contributed by atoms with van der Waals surface area (Å²) >= 11 is 3.09. The number of para-hydroxylation sites is 4. The van der Waals surface area contributed by atoms with E-state index < -0.39 is 0 Å². The number of thioether (sulfide) groups is 2. The molecule has 0 saturated heterocycles. The number of rotatable bonds is 9. The van der Waals surface area contributed by atoms with Gasteiger partial charge in [0.25, 0.3) is 0 Å². The second kappa shape index (κ2) is 9.59. The molecule has 30 heavy (non-hydrogen) atoms. The van der Waals surface area contributed by atoms with Crippen molar-refractivity contribution in [1.82, 2.24) is 40.4 Å². The Labute approximate surface area is 181 Å². The zero-order valence-corrected chi connectivity index (χ0v) is 17.9.